The summed E-state index contributed by atoms with van der Waals surface area (Å²) in [6.07, 6.45) is 5.67. The van der Waals surface area contributed by atoms with Gasteiger partial charge in [0.1, 0.15) is 0 Å². The van der Waals surface area contributed by atoms with Gasteiger partial charge in [-0.15, -0.1) is 0 Å². The van der Waals surface area contributed by atoms with Gasteiger partial charge in [-0.1, -0.05) is 50.1 Å². The van der Waals surface area contributed by atoms with Gasteiger partial charge in [0.15, 0.2) is 0 Å². The highest BCUT2D eigenvalue weighted by Gasteiger charge is 2.18. The summed E-state index contributed by atoms with van der Waals surface area (Å²) < 4.78 is 0. The normalized spacial score (nSPS) is 26.7. The van der Waals surface area contributed by atoms with Crippen molar-refractivity contribution in [2.75, 3.05) is 6.54 Å². The minimum Gasteiger partial charge on any atom is -0.310 e. The van der Waals surface area contributed by atoms with Crippen molar-refractivity contribution >= 4 is 0 Å². The second kappa shape index (κ2) is 6.20. The maximum absolute atomic E-state index is 3.68. The van der Waals surface area contributed by atoms with E-state index in [1.807, 2.05) is 0 Å². The molecule has 1 atom stereocenters. The highest BCUT2D eigenvalue weighted by atomic mass is 14.9. The molecule has 0 aliphatic heterocycles. The van der Waals surface area contributed by atoms with E-state index < -0.39 is 0 Å². The number of nitrogens with one attached hydrogen (secondary N) is 1. The van der Waals surface area contributed by atoms with Gasteiger partial charge in [-0.05, 0) is 43.7 Å². The lowest BCUT2D eigenvalue weighted by molar-refractivity contribution is 0.276. The smallest absolute Gasteiger partial charge is 0.0291 e. The molecule has 1 N–H and O–H groups in total. The molecule has 17 heavy (non-hydrogen) atoms. The summed E-state index contributed by atoms with van der Waals surface area (Å²) in [6, 6.07) is 11.2. The molecule has 1 heteroatoms. The minimum atomic E-state index is 0.482. The Kier molecular flexibility index (Phi) is 4.61. The first kappa shape index (κ1) is 12.6. The second-order valence-electron chi connectivity index (χ2n) is 5.67. The number of rotatable bonds is 4. The van der Waals surface area contributed by atoms with E-state index in [-0.39, 0.29) is 0 Å². The molecule has 0 radical (unpaired) electrons. The van der Waals surface area contributed by atoms with Gasteiger partial charge >= 0.3 is 0 Å². The van der Waals surface area contributed by atoms with Gasteiger partial charge in [0.2, 0.25) is 0 Å². The minimum absolute atomic E-state index is 0.482. The highest BCUT2D eigenvalue weighted by molar-refractivity contribution is 5.17. The van der Waals surface area contributed by atoms with Gasteiger partial charge in [0, 0.05) is 6.04 Å². The van der Waals surface area contributed by atoms with Crippen LogP contribution in [-0.2, 0) is 0 Å². The van der Waals surface area contributed by atoms with E-state index >= 15 is 0 Å². The Bertz CT molecular complexity index is 312. The van der Waals surface area contributed by atoms with Crippen molar-refractivity contribution in [3.05, 3.63) is 35.9 Å². The summed E-state index contributed by atoms with van der Waals surface area (Å²) in [4.78, 5) is 0. The molecule has 0 unspecified atom stereocenters. The van der Waals surface area contributed by atoms with Gasteiger partial charge in [-0.3, -0.25) is 0 Å². The summed E-state index contributed by atoms with van der Waals surface area (Å²) in [5, 5.41) is 3.68. The molecule has 0 aromatic heterocycles. The molecule has 1 aliphatic rings. The van der Waals surface area contributed by atoms with Crippen LogP contribution in [0.25, 0.3) is 0 Å². The fourth-order valence-corrected chi connectivity index (χ4v) is 2.74. The van der Waals surface area contributed by atoms with Gasteiger partial charge in [0.05, 0.1) is 0 Å². The van der Waals surface area contributed by atoms with E-state index in [1.165, 1.54) is 37.8 Å². The molecule has 1 aliphatic carbocycles. The Morgan fingerprint density at radius 2 is 1.76 bits per heavy atom. The van der Waals surface area contributed by atoms with Crippen LogP contribution in [-0.4, -0.2) is 6.54 Å². The Balaban J connectivity index is 1.75. The van der Waals surface area contributed by atoms with Gasteiger partial charge in [-0.25, -0.2) is 0 Å². The second-order valence-corrected chi connectivity index (χ2v) is 5.67. The van der Waals surface area contributed by atoms with E-state index in [1.54, 1.807) is 0 Å². The number of hydrogen-bond donors (Lipinski definition) is 1. The summed E-state index contributed by atoms with van der Waals surface area (Å²) in [5.74, 6) is 1.86. The molecule has 2 rings (SSSR count). The topological polar surface area (TPSA) is 12.0 Å². The predicted molar refractivity (Wildman–Crippen MR) is 74.0 cm³/mol. The number of hydrogen-bond acceptors (Lipinski definition) is 1. The van der Waals surface area contributed by atoms with Crippen molar-refractivity contribution in [2.45, 2.75) is 45.6 Å². The van der Waals surface area contributed by atoms with Crippen molar-refractivity contribution < 1.29 is 0 Å². The zero-order valence-corrected chi connectivity index (χ0v) is 11.2. The van der Waals surface area contributed by atoms with Crippen LogP contribution < -0.4 is 5.32 Å². The first-order valence-electron chi connectivity index (χ1n) is 7.04. The first-order chi connectivity index (χ1) is 8.25. The largest absolute Gasteiger partial charge is 0.310 e. The fraction of sp³-hybridized carbons (Fsp3) is 0.625. The zero-order valence-electron chi connectivity index (χ0n) is 11.2. The van der Waals surface area contributed by atoms with Crippen LogP contribution in [0.15, 0.2) is 30.3 Å². The van der Waals surface area contributed by atoms with Crippen LogP contribution in [0.3, 0.4) is 0 Å². The van der Waals surface area contributed by atoms with Gasteiger partial charge in [-0.2, -0.15) is 0 Å². The lowest BCUT2D eigenvalue weighted by atomic mass is 9.83. The molecule has 0 amide bonds. The monoisotopic (exact) mass is 231 g/mol. The first-order valence-corrected chi connectivity index (χ1v) is 7.04. The summed E-state index contributed by atoms with van der Waals surface area (Å²) in [7, 11) is 0. The zero-order chi connectivity index (χ0) is 12.1. The van der Waals surface area contributed by atoms with E-state index in [0.717, 1.165) is 11.8 Å². The number of benzene rings is 1. The molecule has 1 saturated carbocycles. The average molecular weight is 231 g/mol. The van der Waals surface area contributed by atoms with Crippen LogP contribution in [0.2, 0.25) is 0 Å². The lowest BCUT2D eigenvalue weighted by Crippen LogP contribution is -2.28. The van der Waals surface area contributed by atoms with Crippen LogP contribution in [0.4, 0.5) is 0 Å². The van der Waals surface area contributed by atoms with Crippen molar-refractivity contribution in [3.63, 3.8) is 0 Å². The average Bonchev–Trinajstić information content (AvgIpc) is 2.39. The van der Waals surface area contributed by atoms with Gasteiger partial charge < -0.3 is 5.32 Å². The predicted octanol–water partition coefficient (Wildman–Crippen LogP) is 4.16. The van der Waals surface area contributed by atoms with E-state index in [2.05, 4.69) is 49.5 Å². The molecular weight excluding hydrogens is 206 g/mol. The summed E-state index contributed by atoms with van der Waals surface area (Å²) >= 11 is 0. The highest BCUT2D eigenvalue weighted by Crippen LogP contribution is 2.28. The summed E-state index contributed by atoms with van der Waals surface area (Å²) in [6.45, 7) is 5.83. The molecule has 0 saturated heterocycles. The molecule has 0 bridgehead atoms. The van der Waals surface area contributed by atoms with Crippen LogP contribution in [0.1, 0.15) is 51.1 Å². The third kappa shape index (κ3) is 3.85. The fourth-order valence-electron chi connectivity index (χ4n) is 2.74. The van der Waals surface area contributed by atoms with E-state index in [4.69, 9.17) is 0 Å². The van der Waals surface area contributed by atoms with Crippen molar-refractivity contribution in [1.29, 1.82) is 0 Å². The Labute approximate surface area is 106 Å². The lowest BCUT2D eigenvalue weighted by Gasteiger charge is -2.27. The Morgan fingerprint density at radius 1 is 1.12 bits per heavy atom. The van der Waals surface area contributed by atoms with E-state index in [9.17, 15) is 0 Å². The molecule has 94 valence electrons. The molecule has 1 aromatic carbocycles. The quantitative estimate of drug-likeness (QED) is 0.820. The standard InChI is InChI=1S/C16H25N/c1-13-8-10-15(11-9-13)12-17-14(2)16-6-4-3-5-7-16/h3-7,13-15,17H,8-12H2,1-2H3/t13?,14-,15?/m1/s1. The molecule has 0 spiro atoms. The Morgan fingerprint density at radius 3 is 2.41 bits per heavy atom. The molecule has 1 fully saturated rings. The van der Waals surface area contributed by atoms with Crippen molar-refractivity contribution in [3.8, 4) is 0 Å². The van der Waals surface area contributed by atoms with Gasteiger partial charge in [0.25, 0.3) is 0 Å². The molecule has 1 aromatic rings. The molecular formula is C16H25N. The van der Waals surface area contributed by atoms with Crippen LogP contribution >= 0.6 is 0 Å². The Hall–Kier alpha value is -0.820. The van der Waals surface area contributed by atoms with Crippen molar-refractivity contribution in [1.82, 2.24) is 5.32 Å². The molecule has 1 nitrogen and oxygen atoms in total. The maximum Gasteiger partial charge on any atom is 0.0291 e. The third-order valence-corrected chi connectivity index (χ3v) is 4.15. The maximum atomic E-state index is 3.68. The molecule has 0 heterocycles. The third-order valence-electron chi connectivity index (χ3n) is 4.15. The van der Waals surface area contributed by atoms with Crippen LogP contribution in [0.5, 0.6) is 0 Å². The van der Waals surface area contributed by atoms with Crippen LogP contribution in [0, 0.1) is 11.8 Å². The SMILES string of the molecule is CC1CCC(CN[C@H](C)c2ccccc2)CC1. The summed E-state index contributed by atoms with van der Waals surface area (Å²) in [5.41, 5.74) is 1.40. The van der Waals surface area contributed by atoms with Crippen molar-refractivity contribution in [2.24, 2.45) is 11.8 Å². The van der Waals surface area contributed by atoms with E-state index in [0.29, 0.717) is 6.04 Å².